The van der Waals surface area contributed by atoms with Crippen molar-refractivity contribution in [3.8, 4) is 5.75 Å². The van der Waals surface area contributed by atoms with Crippen LogP contribution in [-0.2, 0) is 0 Å². The lowest BCUT2D eigenvalue weighted by Crippen LogP contribution is -2.19. The van der Waals surface area contributed by atoms with Crippen molar-refractivity contribution in [2.45, 2.75) is 6.92 Å². The van der Waals surface area contributed by atoms with Gasteiger partial charge in [-0.3, -0.25) is 4.79 Å². The maximum absolute atomic E-state index is 11.7. The summed E-state index contributed by atoms with van der Waals surface area (Å²) in [6.07, 6.45) is 1.33. The minimum absolute atomic E-state index is 0.0203. The number of nitrogen functional groups attached to an aromatic ring is 1. The number of aryl methyl sites for hydroxylation is 1. The van der Waals surface area contributed by atoms with E-state index < -0.39 is 0 Å². The quantitative estimate of drug-likeness (QED) is 0.824. The lowest BCUT2D eigenvalue weighted by Gasteiger charge is -2.04. The Hall–Kier alpha value is -2.27. The molecule has 0 bridgehead atoms. The number of nitrogens with two attached hydrogens (primary N) is 1. The zero-order valence-electron chi connectivity index (χ0n) is 10.2. The molecular weight excluding hydrogens is 266 g/mol. The largest absolute Gasteiger partial charge is 0.507 e. The summed E-state index contributed by atoms with van der Waals surface area (Å²) in [6.45, 7) is 1.77. The van der Waals surface area contributed by atoms with Crippen LogP contribution in [0.4, 0.5) is 5.82 Å². The molecule has 0 amide bonds. The SMILES string of the molecule is Cc1cc(N)n(/N=C/c2cc(Cl)ccc2O)c(=O)c1. The highest BCUT2D eigenvalue weighted by Crippen LogP contribution is 2.19. The standard InChI is InChI=1S/C13H12ClN3O2/c1-8-4-12(15)17(13(19)5-8)16-7-9-6-10(14)2-3-11(9)18/h2-7,18H,15H2,1H3/b16-7+. The highest BCUT2D eigenvalue weighted by molar-refractivity contribution is 6.30. The van der Waals surface area contributed by atoms with Gasteiger partial charge in [-0.1, -0.05) is 11.6 Å². The van der Waals surface area contributed by atoms with Crippen molar-refractivity contribution in [3.63, 3.8) is 0 Å². The van der Waals surface area contributed by atoms with Gasteiger partial charge in [-0.25, -0.2) is 0 Å². The van der Waals surface area contributed by atoms with Crippen LogP contribution in [-0.4, -0.2) is 16.0 Å². The fourth-order valence-electron chi connectivity index (χ4n) is 1.59. The van der Waals surface area contributed by atoms with E-state index in [0.29, 0.717) is 10.6 Å². The van der Waals surface area contributed by atoms with E-state index in [1.165, 1.54) is 24.4 Å². The molecule has 0 aliphatic carbocycles. The van der Waals surface area contributed by atoms with Gasteiger partial charge in [0, 0.05) is 16.7 Å². The van der Waals surface area contributed by atoms with Gasteiger partial charge >= 0.3 is 0 Å². The van der Waals surface area contributed by atoms with Crippen molar-refractivity contribution < 1.29 is 5.11 Å². The van der Waals surface area contributed by atoms with Crippen LogP contribution in [0.25, 0.3) is 0 Å². The van der Waals surface area contributed by atoms with Gasteiger partial charge in [0.15, 0.2) is 0 Å². The fourth-order valence-corrected chi connectivity index (χ4v) is 1.77. The molecule has 0 aliphatic heterocycles. The zero-order chi connectivity index (χ0) is 14.0. The number of hydrogen-bond acceptors (Lipinski definition) is 4. The number of halogens is 1. The topological polar surface area (TPSA) is 80.6 Å². The van der Waals surface area contributed by atoms with Gasteiger partial charge in [0.2, 0.25) is 0 Å². The number of anilines is 1. The average Bonchev–Trinajstić information content (AvgIpc) is 2.32. The van der Waals surface area contributed by atoms with E-state index in [9.17, 15) is 9.90 Å². The first-order valence-electron chi connectivity index (χ1n) is 5.49. The number of benzene rings is 1. The molecular formula is C13H12ClN3O2. The van der Waals surface area contributed by atoms with Gasteiger partial charge in [-0.15, -0.1) is 0 Å². The number of rotatable bonds is 2. The predicted octanol–water partition coefficient (Wildman–Crippen LogP) is 1.98. The van der Waals surface area contributed by atoms with Gasteiger partial charge in [0.1, 0.15) is 11.6 Å². The third-order valence-electron chi connectivity index (χ3n) is 2.48. The number of pyridine rings is 1. The van der Waals surface area contributed by atoms with E-state index in [2.05, 4.69) is 5.10 Å². The Morgan fingerprint density at radius 1 is 1.37 bits per heavy atom. The third kappa shape index (κ3) is 2.95. The monoisotopic (exact) mass is 277 g/mol. The molecule has 3 N–H and O–H groups in total. The summed E-state index contributed by atoms with van der Waals surface area (Å²) in [6, 6.07) is 7.60. The first-order valence-corrected chi connectivity index (χ1v) is 5.87. The second-order valence-electron chi connectivity index (χ2n) is 4.06. The van der Waals surface area contributed by atoms with Crippen LogP contribution in [0.2, 0.25) is 5.02 Å². The van der Waals surface area contributed by atoms with Crippen molar-refractivity contribution >= 4 is 23.6 Å². The molecule has 0 atom stereocenters. The smallest absolute Gasteiger partial charge is 0.273 e. The Bertz CT molecular complexity index is 708. The molecule has 0 unspecified atom stereocenters. The van der Waals surface area contributed by atoms with Crippen molar-refractivity contribution in [1.82, 2.24) is 4.68 Å². The summed E-state index contributed by atoms with van der Waals surface area (Å²) in [5, 5.41) is 14.0. The molecule has 0 fully saturated rings. The number of phenolic OH excluding ortho intramolecular Hbond substituents is 1. The first kappa shape index (κ1) is 13.2. The van der Waals surface area contributed by atoms with Crippen LogP contribution >= 0.6 is 11.6 Å². The molecule has 0 aliphatic rings. The Balaban J connectivity index is 2.44. The molecule has 0 saturated heterocycles. The highest BCUT2D eigenvalue weighted by atomic mass is 35.5. The minimum Gasteiger partial charge on any atom is -0.507 e. The summed E-state index contributed by atoms with van der Waals surface area (Å²) in [5.41, 5.74) is 6.54. The van der Waals surface area contributed by atoms with E-state index in [-0.39, 0.29) is 17.1 Å². The summed E-state index contributed by atoms with van der Waals surface area (Å²) in [4.78, 5) is 11.7. The molecule has 1 aromatic heterocycles. The van der Waals surface area contributed by atoms with Crippen LogP contribution in [0, 0.1) is 6.92 Å². The van der Waals surface area contributed by atoms with E-state index in [1.54, 1.807) is 19.1 Å². The number of nitrogens with zero attached hydrogens (tertiary/aromatic N) is 2. The molecule has 5 nitrogen and oxygen atoms in total. The van der Waals surface area contributed by atoms with E-state index in [1.807, 2.05) is 0 Å². The van der Waals surface area contributed by atoms with E-state index in [0.717, 1.165) is 10.2 Å². The maximum atomic E-state index is 11.7. The molecule has 0 spiro atoms. The number of hydrogen-bond donors (Lipinski definition) is 2. The van der Waals surface area contributed by atoms with Crippen LogP contribution in [0.15, 0.2) is 40.2 Å². The molecule has 19 heavy (non-hydrogen) atoms. The van der Waals surface area contributed by atoms with E-state index >= 15 is 0 Å². The molecule has 6 heteroatoms. The number of aromatic hydroxyl groups is 1. The third-order valence-corrected chi connectivity index (χ3v) is 2.72. The second-order valence-corrected chi connectivity index (χ2v) is 4.49. The van der Waals surface area contributed by atoms with E-state index in [4.69, 9.17) is 17.3 Å². The maximum Gasteiger partial charge on any atom is 0.273 e. The van der Waals surface area contributed by atoms with Crippen LogP contribution in [0.3, 0.4) is 0 Å². The zero-order valence-corrected chi connectivity index (χ0v) is 10.9. The molecule has 98 valence electrons. The molecule has 2 rings (SSSR count). The first-order chi connectivity index (χ1) is 8.97. The summed E-state index contributed by atoms with van der Waals surface area (Å²) < 4.78 is 1.05. The predicted molar refractivity (Wildman–Crippen MR) is 76.0 cm³/mol. The lowest BCUT2D eigenvalue weighted by atomic mass is 10.2. The minimum atomic E-state index is -0.338. The Morgan fingerprint density at radius 3 is 2.79 bits per heavy atom. The lowest BCUT2D eigenvalue weighted by molar-refractivity contribution is 0.474. The van der Waals surface area contributed by atoms with Gasteiger partial charge in [-0.05, 0) is 36.8 Å². The van der Waals surface area contributed by atoms with Gasteiger partial charge in [0.25, 0.3) is 5.56 Å². The van der Waals surface area contributed by atoms with Crippen LogP contribution in [0.1, 0.15) is 11.1 Å². The number of phenols is 1. The van der Waals surface area contributed by atoms with Crippen molar-refractivity contribution in [2.75, 3.05) is 5.73 Å². The molecule has 2 aromatic rings. The Kier molecular flexibility index (Phi) is 3.57. The van der Waals surface area contributed by atoms with Gasteiger partial charge in [0.05, 0.1) is 6.21 Å². The molecule has 0 saturated carbocycles. The highest BCUT2D eigenvalue weighted by Gasteiger charge is 2.02. The molecule has 0 radical (unpaired) electrons. The van der Waals surface area contributed by atoms with Crippen molar-refractivity contribution in [3.05, 3.63) is 56.8 Å². The average molecular weight is 278 g/mol. The Labute approximate surface area is 114 Å². The van der Waals surface area contributed by atoms with Crippen LogP contribution < -0.4 is 11.3 Å². The summed E-state index contributed by atoms with van der Waals surface area (Å²) >= 11 is 5.82. The fraction of sp³-hybridized carbons (Fsp3) is 0.0769. The Morgan fingerprint density at radius 2 is 2.11 bits per heavy atom. The van der Waals surface area contributed by atoms with Crippen LogP contribution in [0.5, 0.6) is 5.75 Å². The molecule has 1 aromatic carbocycles. The summed E-state index contributed by atoms with van der Waals surface area (Å²) in [5.74, 6) is 0.245. The van der Waals surface area contributed by atoms with Gasteiger partial charge in [-0.2, -0.15) is 9.78 Å². The van der Waals surface area contributed by atoms with Gasteiger partial charge < -0.3 is 10.8 Å². The second kappa shape index (κ2) is 5.16. The summed E-state index contributed by atoms with van der Waals surface area (Å²) in [7, 11) is 0. The van der Waals surface area contributed by atoms with Crippen molar-refractivity contribution in [1.29, 1.82) is 0 Å². The van der Waals surface area contributed by atoms with Crippen molar-refractivity contribution in [2.24, 2.45) is 5.10 Å². The molecule has 1 heterocycles. The number of aromatic nitrogens is 1. The normalized spacial score (nSPS) is 11.1.